The summed E-state index contributed by atoms with van der Waals surface area (Å²) in [6.45, 7) is 6.12. The summed E-state index contributed by atoms with van der Waals surface area (Å²) >= 11 is 0. The van der Waals surface area contributed by atoms with Crippen LogP contribution in [-0.2, 0) is 26.2 Å². The van der Waals surface area contributed by atoms with Gasteiger partial charge in [-0.25, -0.2) is 17.2 Å². The smallest absolute Gasteiger partial charge is 0.242 e. The second-order valence-corrected chi connectivity index (χ2v) is 10.2. The number of nitrogens with one attached hydrogen (secondary N) is 1. The Kier molecular flexibility index (Phi) is 10.2. The number of halogens is 2. The Morgan fingerprint density at radius 2 is 1.74 bits per heavy atom. The molecule has 10 heteroatoms. The number of aryl methyl sites for hydroxylation is 1. The predicted molar refractivity (Wildman–Crippen MR) is 132 cm³/mol. The van der Waals surface area contributed by atoms with Crippen LogP contribution in [0.3, 0.4) is 0 Å². The van der Waals surface area contributed by atoms with Crippen molar-refractivity contribution < 1.29 is 26.8 Å². The molecule has 0 fully saturated rings. The highest BCUT2D eigenvalue weighted by Crippen LogP contribution is 2.22. The highest BCUT2D eigenvalue weighted by Gasteiger charge is 2.29. The number of rotatable bonds is 12. The van der Waals surface area contributed by atoms with Crippen LogP contribution in [0.2, 0.25) is 0 Å². The Morgan fingerprint density at radius 3 is 2.31 bits per heavy atom. The maximum atomic E-state index is 13.7. The highest BCUT2D eigenvalue weighted by molar-refractivity contribution is 7.92. The normalized spacial score (nSPS) is 12.2. The highest BCUT2D eigenvalue weighted by atomic mass is 32.2. The van der Waals surface area contributed by atoms with Gasteiger partial charge in [0.05, 0.1) is 11.9 Å². The lowest BCUT2D eigenvalue weighted by atomic mass is 10.1. The van der Waals surface area contributed by atoms with E-state index < -0.39 is 27.7 Å². The Labute approximate surface area is 206 Å². The van der Waals surface area contributed by atoms with Crippen molar-refractivity contribution in [1.82, 2.24) is 10.2 Å². The largest absolute Gasteiger partial charge is 0.355 e. The molecule has 1 atom stereocenters. The Balaban J connectivity index is 2.23. The van der Waals surface area contributed by atoms with Crippen LogP contribution < -0.4 is 9.62 Å². The van der Waals surface area contributed by atoms with Gasteiger partial charge in [-0.05, 0) is 49.9 Å². The molecule has 35 heavy (non-hydrogen) atoms. The number of hydrogen-bond donors (Lipinski definition) is 1. The van der Waals surface area contributed by atoms with Crippen molar-refractivity contribution >= 4 is 27.5 Å². The minimum absolute atomic E-state index is 0.0237. The van der Waals surface area contributed by atoms with Crippen molar-refractivity contribution in [3.05, 3.63) is 65.2 Å². The number of sulfonamides is 1. The first-order valence-electron chi connectivity index (χ1n) is 11.5. The third-order valence-electron chi connectivity index (χ3n) is 5.68. The molecule has 0 heterocycles. The van der Waals surface area contributed by atoms with E-state index in [1.54, 1.807) is 6.92 Å². The van der Waals surface area contributed by atoms with E-state index in [2.05, 4.69) is 5.32 Å². The van der Waals surface area contributed by atoms with Gasteiger partial charge in [0.2, 0.25) is 21.8 Å². The molecule has 0 saturated carbocycles. The summed E-state index contributed by atoms with van der Waals surface area (Å²) in [5.74, 6) is -2.80. The molecule has 2 aromatic carbocycles. The molecule has 192 valence electrons. The second kappa shape index (κ2) is 12.6. The van der Waals surface area contributed by atoms with Crippen LogP contribution in [0.5, 0.6) is 0 Å². The van der Waals surface area contributed by atoms with Crippen molar-refractivity contribution in [1.29, 1.82) is 0 Å². The van der Waals surface area contributed by atoms with Gasteiger partial charge in [-0.2, -0.15) is 0 Å². The minimum atomic E-state index is -3.81. The van der Waals surface area contributed by atoms with E-state index >= 15 is 0 Å². The van der Waals surface area contributed by atoms with Crippen molar-refractivity contribution in [2.75, 3.05) is 23.7 Å². The molecule has 0 bridgehead atoms. The molecule has 0 radical (unpaired) electrons. The number of hydrogen-bond acceptors (Lipinski definition) is 4. The number of carbonyl (C=O) groups excluding carboxylic acids is 2. The summed E-state index contributed by atoms with van der Waals surface area (Å²) in [7, 11) is -3.81. The SMILES string of the molecule is CCNC(=O)[C@@H](CC)N(Cc1ccccc1C)C(=O)CCCN(c1ccc(F)c(F)c1)S(C)(=O)=O. The zero-order chi connectivity index (χ0) is 26.2. The van der Waals surface area contributed by atoms with E-state index in [0.717, 1.165) is 33.8 Å². The van der Waals surface area contributed by atoms with Crippen LogP contribution in [0, 0.1) is 18.6 Å². The van der Waals surface area contributed by atoms with Gasteiger partial charge in [0, 0.05) is 32.1 Å². The summed E-state index contributed by atoms with van der Waals surface area (Å²) in [6.07, 6.45) is 1.47. The standard InChI is InChI=1S/C25H33F2N3O4S/c1-5-23(25(32)28-6-2)29(17-19-11-8-7-10-18(19)3)24(31)12-9-15-30(35(4,33)34)20-13-14-21(26)22(27)16-20/h7-8,10-11,13-14,16,23H,5-6,9,12,15,17H2,1-4H3,(H,28,32)/t23-/m1/s1. The van der Waals surface area contributed by atoms with Crippen LogP contribution >= 0.6 is 0 Å². The number of amides is 2. The van der Waals surface area contributed by atoms with Crippen molar-refractivity contribution in [2.45, 2.75) is 52.6 Å². The van der Waals surface area contributed by atoms with Gasteiger partial charge in [0.15, 0.2) is 11.6 Å². The van der Waals surface area contributed by atoms with E-state index in [-0.39, 0.29) is 43.4 Å². The first-order chi connectivity index (χ1) is 16.5. The quantitative estimate of drug-likeness (QED) is 0.472. The van der Waals surface area contributed by atoms with E-state index in [9.17, 15) is 26.8 Å². The molecule has 0 aliphatic heterocycles. The van der Waals surface area contributed by atoms with E-state index in [4.69, 9.17) is 0 Å². The fourth-order valence-corrected chi connectivity index (χ4v) is 4.78. The molecular weight excluding hydrogens is 476 g/mol. The monoisotopic (exact) mass is 509 g/mol. The van der Waals surface area contributed by atoms with E-state index in [1.807, 2.05) is 38.1 Å². The zero-order valence-electron chi connectivity index (χ0n) is 20.6. The van der Waals surface area contributed by atoms with Gasteiger partial charge in [-0.3, -0.25) is 13.9 Å². The van der Waals surface area contributed by atoms with Crippen molar-refractivity contribution in [2.24, 2.45) is 0 Å². The first kappa shape index (κ1) is 28.2. The van der Waals surface area contributed by atoms with Crippen molar-refractivity contribution in [3.8, 4) is 0 Å². The number of likely N-dealkylation sites (N-methyl/N-ethyl adjacent to an activating group) is 1. The zero-order valence-corrected chi connectivity index (χ0v) is 21.4. The molecule has 1 N–H and O–H groups in total. The molecular formula is C25H33F2N3O4S. The predicted octanol–water partition coefficient (Wildman–Crippen LogP) is 3.76. The van der Waals surface area contributed by atoms with Crippen LogP contribution in [0.4, 0.5) is 14.5 Å². The topological polar surface area (TPSA) is 86.8 Å². The van der Waals surface area contributed by atoms with Crippen LogP contribution in [-0.4, -0.2) is 50.5 Å². The molecule has 7 nitrogen and oxygen atoms in total. The lowest BCUT2D eigenvalue weighted by molar-refractivity contribution is -0.141. The summed E-state index contributed by atoms with van der Waals surface area (Å²) in [5.41, 5.74) is 1.87. The van der Waals surface area contributed by atoms with Gasteiger partial charge in [-0.1, -0.05) is 31.2 Å². The van der Waals surface area contributed by atoms with Gasteiger partial charge >= 0.3 is 0 Å². The third-order valence-corrected chi connectivity index (χ3v) is 6.88. The molecule has 0 spiro atoms. The molecule has 0 saturated heterocycles. The molecule has 2 aromatic rings. The van der Waals surface area contributed by atoms with Gasteiger partial charge in [-0.15, -0.1) is 0 Å². The van der Waals surface area contributed by atoms with Gasteiger partial charge in [0.25, 0.3) is 0 Å². The fourth-order valence-electron chi connectivity index (χ4n) is 3.83. The Hall–Kier alpha value is -3.01. The molecule has 2 rings (SSSR count). The number of nitrogens with zero attached hydrogens (tertiary/aromatic N) is 2. The van der Waals surface area contributed by atoms with Crippen LogP contribution in [0.1, 0.15) is 44.2 Å². The maximum Gasteiger partial charge on any atom is 0.242 e. The molecule has 2 amide bonds. The number of carbonyl (C=O) groups is 2. The fraction of sp³-hybridized carbons (Fsp3) is 0.440. The lowest BCUT2D eigenvalue weighted by Gasteiger charge is -2.31. The number of benzene rings is 2. The molecule has 0 aliphatic carbocycles. The second-order valence-electron chi connectivity index (χ2n) is 8.30. The molecule has 0 aliphatic rings. The summed E-state index contributed by atoms with van der Waals surface area (Å²) in [4.78, 5) is 27.5. The van der Waals surface area contributed by atoms with E-state index in [0.29, 0.717) is 13.0 Å². The van der Waals surface area contributed by atoms with Crippen LogP contribution in [0.25, 0.3) is 0 Å². The molecule has 0 unspecified atom stereocenters. The summed E-state index contributed by atoms with van der Waals surface area (Å²) in [6, 6.07) is 9.74. The summed E-state index contributed by atoms with van der Waals surface area (Å²) in [5, 5.41) is 2.77. The maximum absolute atomic E-state index is 13.7. The first-order valence-corrected chi connectivity index (χ1v) is 13.4. The molecule has 0 aromatic heterocycles. The Morgan fingerprint density at radius 1 is 1.06 bits per heavy atom. The van der Waals surface area contributed by atoms with Gasteiger partial charge in [0.1, 0.15) is 6.04 Å². The average Bonchev–Trinajstić information content (AvgIpc) is 2.79. The number of anilines is 1. The third kappa shape index (κ3) is 7.74. The van der Waals surface area contributed by atoms with Gasteiger partial charge < -0.3 is 10.2 Å². The average molecular weight is 510 g/mol. The minimum Gasteiger partial charge on any atom is -0.355 e. The summed E-state index contributed by atoms with van der Waals surface area (Å²) < 4.78 is 52.5. The van der Waals surface area contributed by atoms with Crippen molar-refractivity contribution in [3.63, 3.8) is 0 Å². The van der Waals surface area contributed by atoms with Crippen LogP contribution in [0.15, 0.2) is 42.5 Å². The van der Waals surface area contributed by atoms with E-state index in [1.165, 1.54) is 11.0 Å². The Bertz CT molecular complexity index is 1140. The lowest BCUT2D eigenvalue weighted by Crippen LogP contribution is -2.49.